The van der Waals surface area contributed by atoms with Gasteiger partial charge in [0, 0.05) is 32.0 Å². The SMILES string of the molecule is CCNC(=NCc1ccc(C)cc1C)NCCNC(=O)c1cccnc1.I. The largest absolute Gasteiger partial charge is 0.357 e. The molecule has 27 heavy (non-hydrogen) atoms. The summed E-state index contributed by atoms with van der Waals surface area (Å²) < 4.78 is 0. The zero-order valence-electron chi connectivity index (χ0n) is 16.1. The van der Waals surface area contributed by atoms with E-state index in [-0.39, 0.29) is 29.9 Å². The summed E-state index contributed by atoms with van der Waals surface area (Å²) in [4.78, 5) is 20.5. The van der Waals surface area contributed by atoms with E-state index >= 15 is 0 Å². The maximum absolute atomic E-state index is 12.0. The molecule has 2 aromatic rings. The van der Waals surface area contributed by atoms with E-state index in [2.05, 4.69) is 58.0 Å². The van der Waals surface area contributed by atoms with Crippen molar-refractivity contribution < 1.29 is 4.79 Å². The maximum Gasteiger partial charge on any atom is 0.252 e. The summed E-state index contributed by atoms with van der Waals surface area (Å²) in [6.07, 6.45) is 3.20. The molecule has 0 aliphatic rings. The second-order valence-electron chi connectivity index (χ2n) is 6.05. The number of benzene rings is 1. The number of aliphatic imine (C=N–C) groups is 1. The predicted molar refractivity (Wildman–Crippen MR) is 121 cm³/mol. The first-order valence-electron chi connectivity index (χ1n) is 8.86. The second kappa shape index (κ2) is 12.3. The number of pyridine rings is 1. The van der Waals surface area contributed by atoms with Crippen LogP contribution >= 0.6 is 24.0 Å². The topological polar surface area (TPSA) is 78.4 Å². The molecule has 2 rings (SSSR count). The summed E-state index contributed by atoms with van der Waals surface area (Å²) in [5.41, 5.74) is 4.26. The van der Waals surface area contributed by atoms with Gasteiger partial charge in [0.1, 0.15) is 0 Å². The molecule has 0 bridgehead atoms. The lowest BCUT2D eigenvalue weighted by Gasteiger charge is -2.12. The molecule has 0 aliphatic carbocycles. The molecule has 0 spiro atoms. The number of nitrogens with one attached hydrogen (secondary N) is 3. The zero-order chi connectivity index (χ0) is 18.8. The molecule has 146 valence electrons. The second-order valence-corrected chi connectivity index (χ2v) is 6.05. The summed E-state index contributed by atoms with van der Waals surface area (Å²) >= 11 is 0. The van der Waals surface area contributed by atoms with Gasteiger partial charge in [-0.15, -0.1) is 24.0 Å². The van der Waals surface area contributed by atoms with E-state index in [4.69, 9.17) is 0 Å². The molecule has 7 heteroatoms. The average Bonchev–Trinajstić information content (AvgIpc) is 2.64. The Morgan fingerprint density at radius 2 is 1.89 bits per heavy atom. The van der Waals surface area contributed by atoms with Gasteiger partial charge in [-0.1, -0.05) is 23.8 Å². The third kappa shape index (κ3) is 7.94. The molecule has 1 aromatic heterocycles. The summed E-state index contributed by atoms with van der Waals surface area (Å²) in [5.74, 6) is 0.611. The smallest absolute Gasteiger partial charge is 0.252 e. The van der Waals surface area contributed by atoms with Gasteiger partial charge < -0.3 is 16.0 Å². The fourth-order valence-electron chi connectivity index (χ4n) is 2.49. The van der Waals surface area contributed by atoms with Gasteiger partial charge >= 0.3 is 0 Å². The minimum absolute atomic E-state index is 0. The average molecular weight is 481 g/mol. The van der Waals surface area contributed by atoms with E-state index in [9.17, 15) is 4.79 Å². The molecule has 0 saturated heterocycles. The Balaban J connectivity index is 0.00000364. The van der Waals surface area contributed by atoms with E-state index in [1.807, 2.05) is 6.92 Å². The summed E-state index contributed by atoms with van der Waals surface area (Å²) in [6.45, 7) is 8.70. The van der Waals surface area contributed by atoms with Crippen molar-refractivity contribution >= 4 is 35.8 Å². The molecule has 1 heterocycles. The number of nitrogens with zero attached hydrogens (tertiary/aromatic N) is 2. The highest BCUT2D eigenvalue weighted by Gasteiger charge is 2.04. The van der Waals surface area contributed by atoms with E-state index in [1.54, 1.807) is 24.5 Å². The van der Waals surface area contributed by atoms with Crippen LogP contribution in [0.15, 0.2) is 47.7 Å². The van der Waals surface area contributed by atoms with E-state index in [0.717, 1.165) is 12.5 Å². The zero-order valence-corrected chi connectivity index (χ0v) is 18.4. The molecule has 0 saturated carbocycles. The normalized spacial score (nSPS) is 10.7. The van der Waals surface area contributed by atoms with Crippen LogP contribution in [0.2, 0.25) is 0 Å². The van der Waals surface area contributed by atoms with Crippen LogP contribution in [0.3, 0.4) is 0 Å². The van der Waals surface area contributed by atoms with Gasteiger partial charge in [0.25, 0.3) is 5.91 Å². The molecule has 0 unspecified atom stereocenters. The number of rotatable bonds is 7. The van der Waals surface area contributed by atoms with Crippen LogP contribution in [0.5, 0.6) is 0 Å². The minimum atomic E-state index is -0.128. The monoisotopic (exact) mass is 481 g/mol. The summed E-state index contributed by atoms with van der Waals surface area (Å²) in [7, 11) is 0. The summed E-state index contributed by atoms with van der Waals surface area (Å²) in [6, 6.07) is 9.87. The van der Waals surface area contributed by atoms with Crippen LogP contribution in [0.25, 0.3) is 0 Å². The van der Waals surface area contributed by atoms with Crippen molar-refractivity contribution in [2.24, 2.45) is 4.99 Å². The number of guanidine groups is 1. The first-order valence-corrected chi connectivity index (χ1v) is 8.86. The van der Waals surface area contributed by atoms with Gasteiger partial charge in [0.05, 0.1) is 12.1 Å². The van der Waals surface area contributed by atoms with Crippen molar-refractivity contribution in [1.29, 1.82) is 0 Å². The Morgan fingerprint density at radius 1 is 1.11 bits per heavy atom. The Kier molecular flexibility index (Phi) is 10.4. The first-order chi connectivity index (χ1) is 12.6. The number of aromatic nitrogens is 1. The fraction of sp³-hybridized carbons (Fsp3) is 0.350. The number of halogens is 1. The van der Waals surface area contributed by atoms with E-state index < -0.39 is 0 Å². The standard InChI is InChI=1S/C20H27N5O.HI/c1-4-22-20(25-14-17-8-7-15(2)12-16(17)3)24-11-10-23-19(26)18-6-5-9-21-13-18;/h5-9,12-13H,4,10-11,14H2,1-3H3,(H,23,26)(H2,22,24,25);1H. The molecule has 1 aromatic carbocycles. The van der Waals surface area contributed by atoms with Crippen molar-refractivity contribution in [1.82, 2.24) is 20.9 Å². The van der Waals surface area contributed by atoms with Crippen LogP contribution < -0.4 is 16.0 Å². The fourth-order valence-corrected chi connectivity index (χ4v) is 2.49. The molecule has 0 atom stereocenters. The van der Waals surface area contributed by atoms with Crippen molar-refractivity contribution in [2.45, 2.75) is 27.3 Å². The van der Waals surface area contributed by atoms with Crippen molar-refractivity contribution in [3.8, 4) is 0 Å². The lowest BCUT2D eigenvalue weighted by atomic mass is 10.1. The highest BCUT2D eigenvalue weighted by molar-refractivity contribution is 14.0. The third-order valence-electron chi connectivity index (χ3n) is 3.88. The lowest BCUT2D eigenvalue weighted by Crippen LogP contribution is -2.41. The van der Waals surface area contributed by atoms with Gasteiger partial charge in [-0.25, -0.2) is 4.99 Å². The van der Waals surface area contributed by atoms with E-state index in [1.165, 1.54) is 16.7 Å². The van der Waals surface area contributed by atoms with E-state index in [0.29, 0.717) is 25.2 Å². The van der Waals surface area contributed by atoms with Crippen LogP contribution in [0.1, 0.15) is 34.0 Å². The Bertz CT molecular complexity index is 749. The Labute approximate surface area is 178 Å². The number of aryl methyl sites for hydroxylation is 2. The molecule has 6 nitrogen and oxygen atoms in total. The third-order valence-corrected chi connectivity index (χ3v) is 3.88. The first kappa shape index (κ1) is 22.9. The molecular weight excluding hydrogens is 453 g/mol. The van der Waals surface area contributed by atoms with Gasteiger partial charge in [-0.2, -0.15) is 0 Å². The molecule has 3 N–H and O–H groups in total. The number of hydrogen-bond acceptors (Lipinski definition) is 3. The van der Waals surface area contributed by atoms with Crippen molar-refractivity contribution in [3.05, 3.63) is 65.0 Å². The molecule has 1 amide bonds. The maximum atomic E-state index is 12.0. The van der Waals surface area contributed by atoms with Gasteiger partial charge in [-0.3, -0.25) is 9.78 Å². The van der Waals surface area contributed by atoms with Gasteiger partial charge in [0.15, 0.2) is 5.96 Å². The van der Waals surface area contributed by atoms with Crippen molar-refractivity contribution in [2.75, 3.05) is 19.6 Å². The number of amides is 1. The van der Waals surface area contributed by atoms with Crippen LogP contribution in [0, 0.1) is 13.8 Å². The minimum Gasteiger partial charge on any atom is -0.357 e. The lowest BCUT2D eigenvalue weighted by molar-refractivity contribution is 0.0954. The van der Waals surface area contributed by atoms with Crippen molar-refractivity contribution in [3.63, 3.8) is 0 Å². The van der Waals surface area contributed by atoms with Crippen LogP contribution in [-0.2, 0) is 6.54 Å². The molecular formula is C20H28IN5O. The van der Waals surface area contributed by atoms with Crippen LogP contribution in [-0.4, -0.2) is 36.5 Å². The number of carbonyl (C=O) groups is 1. The van der Waals surface area contributed by atoms with Crippen LogP contribution in [0.4, 0.5) is 0 Å². The van der Waals surface area contributed by atoms with Gasteiger partial charge in [-0.05, 0) is 44.0 Å². The highest BCUT2D eigenvalue weighted by Crippen LogP contribution is 2.11. The number of hydrogen-bond donors (Lipinski definition) is 3. The highest BCUT2D eigenvalue weighted by atomic mass is 127. The predicted octanol–water partition coefficient (Wildman–Crippen LogP) is 2.80. The molecule has 0 fully saturated rings. The summed E-state index contributed by atoms with van der Waals surface area (Å²) in [5, 5.41) is 9.32. The Morgan fingerprint density at radius 3 is 2.56 bits per heavy atom. The number of carbonyl (C=O) groups excluding carboxylic acids is 1. The molecule has 0 radical (unpaired) electrons. The Hall–Kier alpha value is -2.16. The quantitative estimate of drug-likeness (QED) is 0.246. The molecule has 0 aliphatic heterocycles. The van der Waals surface area contributed by atoms with Gasteiger partial charge in [0.2, 0.25) is 0 Å².